The number of nitrogens with zero attached hydrogens (tertiary/aromatic N) is 2. The minimum atomic E-state index is -3.56. The average Bonchev–Trinajstić information content (AvgIpc) is 2.76. The highest BCUT2D eigenvalue weighted by molar-refractivity contribution is 7.89. The zero-order valence-electron chi connectivity index (χ0n) is 17.8. The van der Waals surface area contributed by atoms with E-state index in [0.29, 0.717) is 32.1 Å². The molecule has 2 aromatic carbocycles. The first-order chi connectivity index (χ1) is 14.9. The summed E-state index contributed by atoms with van der Waals surface area (Å²) in [6.07, 6.45) is -0.242. The number of aliphatic imine (C=N–C) groups is 1. The SMILES string of the molecule is CCNC(=NCCNS(=O)(=O)c1ccccc1)N1CC(C)OC(c2ccc(F)cc2)C1. The molecule has 2 unspecified atom stereocenters. The molecule has 31 heavy (non-hydrogen) atoms. The Hall–Kier alpha value is -2.49. The van der Waals surface area contributed by atoms with E-state index >= 15 is 0 Å². The summed E-state index contributed by atoms with van der Waals surface area (Å²) in [6.45, 7) is 6.35. The second-order valence-corrected chi connectivity index (χ2v) is 9.11. The van der Waals surface area contributed by atoms with Gasteiger partial charge in [-0.15, -0.1) is 0 Å². The zero-order chi connectivity index (χ0) is 22.3. The summed E-state index contributed by atoms with van der Waals surface area (Å²) in [5.74, 6) is 0.418. The molecule has 1 aliphatic rings. The number of morpholine rings is 1. The zero-order valence-corrected chi connectivity index (χ0v) is 18.6. The van der Waals surface area contributed by atoms with E-state index in [1.54, 1.807) is 42.5 Å². The lowest BCUT2D eigenvalue weighted by molar-refractivity contribution is -0.0605. The molecule has 0 saturated carbocycles. The van der Waals surface area contributed by atoms with E-state index in [4.69, 9.17) is 4.74 Å². The van der Waals surface area contributed by atoms with E-state index in [1.165, 1.54) is 12.1 Å². The molecule has 0 radical (unpaired) electrons. The molecule has 0 amide bonds. The van der Waals surface area contributed by atoms with Crippen LogP contribution in [0.3, 0.4) is 0 Å². The van der Waals surface area contributed by atoms with E-state index in [9.17, 15) is 12.8 Å². The molecule has 0 aromatic heterocycles. The highest BCUT2D eigenvalue weighted by Crippen LogP contribution is 2.25. The van der Waals surface area contributed by atoms with Crippen molar-refractivity contribution in [3.05, 3.63) is 66.0 Å². The molecule has 168 valence electrons. The summed E-state index contributed by atoms with van der Waals surface area (Å²) >= 11 is 0. The van der Waals surface area contributed by atoms with Crippen LogP contribution in [-0.4, -0.2) is 58.1 Å². The van der Waals surface area contributed by atoms with Crippen molar-refractivity contribution in [1.82, 2.24) is 14.9 Å². The quantitative estimate of drug-likeness (QED) is 0.386. The first-order valence-corrected chi connectivity index (χ1v) is 11.9. The van der Waals surface area contributed by atoms with Crippen LogP contribution in [0.25, 0.3) is 0 Å². The van der Waals surface area contributed by atoms with Crippen molar-refractivity contribution in [3.63, 3.8) is 0 Å². The third-order valence-corrected chi connectivity index (χ3v) is 6.33. The van der Waals surface area contributed by atoms with Gasteiger partial charge in [0.2, 0.25) is 10.0 Å². The molecule has 1 saturated heterocycles. The summed E-state index contributed by atoms with van der Waals surface area (Å²) in [6, 6.07) is 14.6. The second-order valence-electron chi connectivity index (χ2n) is 7.34. The average molecular weight is 449 g/mol. The predicted octanol–water partition coefficient (Wildman–Crippen LogP) is 2.53. The summed E-state index contributed by atoms with van der Waals surface area (Å²) in [7, 11) is -3.56. The molecule has 1 heterocycles. The van der Waals surface area contributed by atoms with Crippen molar-refractivity contribution >= 4 is 16.0 Å². The van der Waals surface area contributed by atoms with Gasteiger partial charge in [0.25, 0.3) is 0 Å². The van der Waals surface area contributed by atoms with Crippen molar-refractivity contribution in [2.24, 2.45) is 4.99 Å². The number of ether oxygens (including phenoxy) is 1. The van der Waals surface area contributed by atoms with Crippen LogP contribution in [0, 0.1) is 5.82 Å². The van der Waals surface area contributed by atoms with Crippen LogP contribution >= 0.6 is 0 Å². The van der Waals surface area contributed by atoms with Crippen molar-refractivity contribution in [3.8, 4) is 0 Å². The number of sulfonamides is 1. The van der Waals surface area contributed by atoms with Crippen LogP contribution in [0.1, 0.15) is 25.5 Å². The van der Waals surface area contributed by atoms with E-state index < -0.39 is 10.0 Å². The summed E-state index contributed by atoms with van der Waals surface area (Å²) in [4.78, 5) is 6.93. The molecule has 0 spiro atoms. The number of hydrogen-bond donors (Lipinski definition) is 2. The lowest BCUT2D eigenvalue weighted by Gasteiger charge is -2.38. The Morgan fingerprint density at radius 2 is 1.87 bits per heavy atom. The Morgan fingerprint density at radius 1 is 1.16 bits per heavy atom. The lowest BCUT2D eigenvalue weighted by Crippen LogP contribution is -2.51. The van der Waals surface area contributed by atoms with E-state index in [1.807, 2.05) is 13.8 Å². The summed E-state index contributed by atoms with van der Waals surface area (Å²) in [5, 5.41) is 3.27. The van der Waals surface area contributed by atoms with Gasteiger partial charge in [0.1, 0.15) is 11.9 Å². The van der Waals surface area contributed by atoms with Crippen LogP contribution in [-0.2, 0) is 14.8 Å². The van der Waals surface area contributed by atoms with Crippen LogP contribution in [0.15, 0.2) is 64.5 Å². The number of benzene rings is 2. The number of rotatable bonds is 7. The van der Waals surface area contributed by atoms with Gasteiger partial charge in [0, 0.05) is 19.6 Å². The number of halogens is 1. The Balaban J connectivity index is 1.64. The third-order valence-electron chi connectivity index (χ3n) is 4.86. The van der Waals surface area contributed by atoms with E-state index in [2.05, 4.69) is 19.9 Å². The topological polar surface area (TPSA) is 83.0 Å². The molecule has 1 aliphatic heterocycles. The summed E-state index contributed by atoms with van der Waals surface area (Å²) in [5.41, 5.74) is 0.907. The fraction of sp³-hybridized carbons (Fsp3) is 0.409. The van der Waals surface area contributed by atoms with Crippen molar-refractivity contribution in [2.75, 3.05) is 32.7 Å². The van der Waals surface area contributed by atoms with Gasteiger partial charge in [-0.1, -0.05) is 30.3 Å². The molecule has 3 rings (SSSR count). The molecule has 2 atom stereocenters. The highest BCUT2D eigenvalue weighted by atomic mass is 32.2. The number of nitrogens with one attached hydrogen (secondary N) is 2. The van der Waals surface area contributed by atoms with E-state index in [-0.39, 0.29) is 29.5 Å². The van der Waals surface area contributed by atoms with Gasteiger partial charge >= 0.3 is 0 Å². The van der Waals surface area contributed by atoms with Gasteiger partial charge in [-0.3, -0.25) is 4.99 Å². The third kappa shape index (κ3) is 6.49. The molecule has 1 fully saturated rings. The molecule has 2 aromatic rings. The van der Waals surface area contributed by atoms with Gasteiger partial charge in [-0.25, -0.2) is 17.5 Å². The fourth-order valence-electron chi connectivity index (χ4n) is 3.44. The van der Waals surface area contributed by atoms with Crippen LogP contribution in [0.5, 0.6) is 0 Å². The number of hydrogen-bond acceptors (Lipinski definition) is 4. The molecule has 7 nitrogen and oxygen atoms in total. The van der Waals surface area contributed by atoms with Crippen LogP contribution < -0.4 is 10.0 Å². The Bertz CT molecular complexity index is 968. The predicted molar refractivity (Wildman–Crippen MR) is 119 cm³/mol. The first kappa shape index (κ1) is 23.2. The standard InChI is InChI=1S/C22H29FN4O3S/c1-3-24-22(25-13-14-26-31(28,29)20-7-5-4-6-8-20)27-15-17(2)30-21(16-27)18-9-11-19(23)12-10-18/h4-12,17,21,26H,3,13-16H2,1-2H3,(H,24,25). The minimum absolute atomic E-state index is 0.0377. The van der Waals surface area contributed by atoms with Crippen molar-refractivity contribution in [2.45, 2.75) is 31.0 Å². The van der Waals surface area contributed by atoms with Gasteiger partial charge in [-0.2, -0.15) is 0 Å². The smallest absolute Gasteiger partial charge is 0.240 e. The van der Waals surface area contributed by atoms with Gasteiger partial charge in [-0.05, 0) is 43.7 Å². The molecule has 0 bridgehead atoms. The molecule has 2 N–H and O–H groups in total. The Kier molecular flexibility index (Phi) is 8.00. The van der Waals surface area contributed by atoms with Crippen LogP contribution in [0.4, 0.5) is 4.39 Å². The van der Waals surface area contributed by atoms with Gasteiger partial charge in [0.05, 0.1) is 24.1 Å². The maximum absolute atomic E-state index is 13.3. The molecule has 0 aliphatic carbocycles. The summed E-state index contributed by atoms with van der Waals surface area (Å²) < 4.78 is 46.6. The van der Waals surface area contributed by atoms with Gasteiger partial charge in [0.15, 0.2) is 5.96 Å². The molecule has 9 heteroatoms. The minimum Gasteiger partial charge on any atom is -0.367 e. The molecular formula is C22H29FN4O3S. The second kappa shape index (κ2) is 10.7. The van der Waals surface area contributed by atoms with Gasteiger partial charge < -0.3 is 15.0 Å². The highest BCUT2D eigenvalue weighted by Gasteiger charge is 2.28. The maximum atomic E-state index is 13.3. The maximum Gasteiger partial charge on any atom is 0.240 e. The monoisotopic (exact) mass is 448 g/mol. The van der Waals surface area contributed by atoms with Crippen LogP contribution in [0.2, 0.25) is 0 Å². The Morgan fingerprint density at radius 3 is 2.55 bits per heavy atom. The molecular weight excluding hydrogens is 419 g/mol. The van der Waals surface area contributed by atoms with Crippen molar-refractivity contribution in [1.29, 1.82) is 0 Å². The van der Waals surface area contributed by atoms with E-state index in [0.717, 1.165) is 5.56 Å². The lowest BCUT2D eigenvalue weighted by atomic mass is 10.1. The number of guanidine groups is 1. The first-order valence-electron chi connectivity index (χ1n) is 10.4. The van der Waals surface area contributed by atoms with Crippen molar-refractivity contribution < 1.29 is 17.5 Å². The normalized spacial score (nSPS) is 20.0. The largest absolute Gasteiger partial charge is 0.367 e. The Labute approximate surface area is 183 Å². The fourth-order valence-corrected chi connectivity index (χ4v) is 4.48.